The van der Waals surface area contributed by atoms with E-state index >= 15 is 0 Å². The van der Waals surface area contributed by atoms with Gasteiger partial charge in [0.25, 0.3) is 0 Å². The second-order valence-corrected chi connectivity index (χ2v) is 8.51. The van der Waals surface area contributed by atoms with Crippen molar-refractivity contribution in [2.24, 2.45) is 5.92 Å². The van der Waals surface area contributed by atoms with E-state index < -0.39 is 5.60 Å². The van der Waals surface area contributed by atoms with Gasteiger partial charge in [-0.05, 0) is 44.7 Å². The van der Waals surface area contributed by atoms with Crippen molar-refractivity contribution in [3.05, 3.63) is 59.3 Å². The van der Waals surface area contributed by atoms with Gasteiger partial charge in [0.15, 0.2) is 0 Å². The molecule has 2 aliphatic rings. The first-order valence-electron chi connectivity index (χ1n) is 10.8. The van der Waals surface area contributed by atoms with Crippen LogP contribution < -0.4 is 5.32 Å². The molecule has 7 heteroatoms. The molecular formula is C25H24N4O3. The fourth-order valence-electron chi connectivity index (χ4n) is 3.98. The molecule has 5 rings (SSSR count). The third-order valence-corrected chi connectivity index (χ3v) is 6.28. The first-order chi connectivity index (χ1) is 15.4. The van der Waals surface area contributed by atoms with Crippen LogP contribution in [-0.4, -0.2) is 38.7 Å². The lowest BCUT2D eigenvalue weighted by atomic mass is 9.89. The van der Waals surface area contributed by atoms with E-state index in [2.05, 4.69) is 32.1 Å². The normalized spacial score (nSPS) is 22.4. The average Bonchev–Trinajstić information content (AvgIpc) is 3.59. The van der Waals surface area contributed by atoms with E-state index in [1.165, 1.54) is 0 Å². The lowest BCUT2D eigenvalue weighted by molar-refractivity contribution is -0.117. The van der Waals surface area contributed by atoms with Gasteiger partial charge in [0.1, 0.15) is 17.1 Å². The molecule has 3 aromatic rings. The third kappa shape index (κ3) is 3.83. The minimum absolute atomic E-state index is 0.0168. The van der Waals surface area contributed by atoms with Gasteiger partial charge < -0.3 is 15.2 Å². The molecule has 0 spiro atoms. The summed E-state index contributed by atoms with van der Waals surface area (Å²) in [5.74, 6) is 6.88. The highest BCUT2D eigenvalue weighted by atomic mass is 16.5. The minimum Gasteiger partial charge on any atom is -0.382 e. The van der Waals surface area contributed by atoms with Crippen LogP contribution in [0.15, 0.2) is 36.8 Å². The van der Waals surface area contributed by atoms with Gasteiger partial charge in [0.05, 0.1) is 18.3 Å². The summed E-state index contributed by atoms with van der Waals surface area (Å²) < 4.78 is 5.51. The summed E-state index contributed by atoms with van der Waals surface area (Å²) in [4.78, 5) is 25.3. The highest BCUT2D eigenvalue weighted by Crippen LogP contribution is 2.35. The van der Waals surface area contributed by atoms with Crippen LogP contribution in [0.2, 0.25) is 0 Å². The molecule has 2 N–H and O–H groups in total. The molecule has 0 unspecified atom stereocenters. The largest absolute Gasteiger partial charge is 0.382 e. The number of rotatable bonds is 3. The number of aromatic nitrogens is 3. The van der Waals surface area contributed by atoms with Crippen LogP contribution in [0.4, 0.5) is 5.82 Å². The third-order valence-electron chi connectivity index (χ3n) is 6.28. The molecule has 2 atom stereocenters. The van der Waals surface area contributed by atoms with Crippen LogP contribution in [0.25, 0.3) is 10.8 Å². The predicted octanol–water partition coefficient (Wildman–Crippen LogP) is 3.08. The Morgan fingerprint density at radius 3 is 2.69 bits per heavy atom. The first kappa shape index (κ1) is 20.6. The average molecular weight is 428 g/mol. The van der Waals surface area contributed by atoms with Crippen LogP contribution in [0.1, 0.15) is 48.7 Å². The molecule has 0 bridgehead atoms. The molecule has 2 fully saturated rings. The van der Waals surface area contributed by atoms with Crippen molar-refractivity contribution in [2.45, 2.75) is 44.8 Å². The summed E-state index contributed by atoms with van der Waals surface area (Å²) in [5, 5.41) is 15.5. The number of nitrogens with one attached hydrogen (secondary N) is 1. The van der Waals surface area contributed by atoms with Crippen molar-refractivity contribution in [2.75, 3.05) is 11.9 Å². The molecule has 0 aromatic carbocycles. The van der Waals surface area contributed by atoms with Crippen molar-refractivity contribution in [1.29, 1.82) is 0 Å². The standard InChI is InChI=1S/C25H24N4O3/c1-15-22-14-28-23(29-24(30)17-3-4-17)11-21(22)18(12-26-15)5-7-20-8-6-19(13-27-20)25(31)9-10-32-16(25)2/h6,8,11-14,16-17,31H,3-4,9-10H2,1-2H3,(H,28,29,30)/t16-,25-/m0/s1. The molecule has 162 valence electrons. The lowest BCUT2D eigenvalue weighted by Gasteiger charge is -2.25. The maximum Gasteiger partial charge on any atom is 0.228 e. The number of anilines is 1. The molecule has 1 saturated carbocycles. The van der Waals surface area contributed by atoms with E-state index in [1.54, 1.807) is 24.7 Å². The summed E-state index contributed by atoms with van der Waals surface area (Å²) in [5.41, 5.74) is 1.90. The van der Waals surface area contributed by atoms with Gasteiger partial charge in [-0.2, -0.15) is 0 Å². The van der Waals surface area contributed by atoms with E-state index in [9.17, 15) is 9.90 Å². The quantitative estimate of drug-likeness (QED) is 0.623. The van der Waals surface area contributed by atoms with Gasteiger partial charge >= 0.3 is 0 Å². The Balaban J connectivity index is 1.44. The number of nitrogens with zero attached hydrogens (tertiary/aromatic N) is 3. The number of aliphatic hydroxyl groups is 1. The molecule has 1 aliphatic carbocycles. The van der Waals surface area contributed by atoms with Gasteiger partial charge in [0, 0.05) is 53.0 Å². The van der Waals surface area contributed by atoms with E-state index in [1.807, 2.05) is 26.0 Å². The number of hydrogen-bond acceptors (Lipinski definition) is 6. The van der Waals surface area contributed by atoms with Crippen molar-refractivity contribution in [3.63, 3.8) is 0 Å². The molecular weight excluding hydrogens is 404 g/mol. The van der Waals surface area contributed by atoms with E-state index in [0.29, 0.717) is 24.5 Å². The number of pyridine rings is 3. The molecule has 1 saturated heterocycles. The predicted molar refractivity (Wildman–Crippen MR) is 120 cm³/mol. The summed E-state index contributed by atoms with van der Waals surface area (Å²) in [6, 6.07) is 5.50. The molecule has 32 heavy (non-hydrogen) atoms. The maximum absolute atomic E-state index is 12.1. The Morgan fingerprint density at radius 1 is 1.16 bits per heavy atom. The van der Waals surface area contributed by atoms with Gasteiger partial charge in [-0.25, -0.2) is 9.97 Å². The fraction of sp³-hybridized carbons (Fsp3) is 0.360. The molecule has 4 heterocycles. The summed E-state index contributed by atoms with van der Waals surface area (Å²) in [7, 11) is 0. The number of carbonyl (C=O) groups is 1. The van der Waals surface area contributed by atoms with Crippen LogP contribution >= 0.6 is 0 Å². The van der Waals surface area contributed by atoms with Gasteiger partial charge in [0.2, 0.25) is 5.91 Å². The summed E-state index contributed by atoms with van der Waals surface area (Å²) in [6.07, 6.45) is 7.28. The number of ether oxygens (including phenoxy) is 1. The zero-order chi connectivity index (χ0) is 22.3. The highest BCUT2D eigenvalue weighted by Gasteiger charge is 2.41. The van der Waals surface area contributed by atoms with Crippen molar-refractivity contribution < 1.29 is 14.6 Å². The van der Waals surface area contributed by atoms with Crippen LogP contribution in [0.5, 0.6) is 0 Å². The van der Waals surface area contributed by atoms with E-state index in [-0.39, 0.29) is 17.9 Å². The molecule has 1 amide bonds. The highest BCUT2D eigenvalue weighted by molar-refractivity contribution is 5.96. The molecule has 0 radical (unpaired) electrons. The lowest BCUT2D eigenvalue weighted by Crippen LogP contribution is -2.33. The topological polar surface area (TPSA) is 97.2 Å². The molecule has 1 aliphatic heterocycles. The Bertz CT molecular complexity index is 1260. The number of hydrogen-bond donors (Lipinski definition) is 2. The maximum atomic E-state index is 12.1. The number of fused-ring (bicyclic) bond motifs is 1. The van der Waals surface area contributed by atoms with Crippen LogP contribution in [0, 0.1) is 24.7 Å². The Morgan fingerprint density at radius 2 is 2.00 bits per heavy atom. The zero-order valence-corrected chi connectivity index (χ0v) is 18.1. The molecule has 3 aromatic heterocycles. The number of carbonyl (C=O) groups excluding carboxylic acids is 1. The minimum atomic E-state index is -1.01. The van der Waals surface area contributed by atoms with Crippen LogP contribution in [-0.2, 0) is 15.1 Å². The van der Waals surface area contributed by atoms with Gasteiger partial charge in [-0.15, -0.1) is 0 Å². The Labute approximate surface area is 186 Å². The van der Waals surface area contributed by atoms with Crippen molar-refractivity contribution >= 4 is 22.5 Å². The first-order valence-corrected chi connectivity index (χ1v) is 10.8. The van der Waals surface area contributed by atoms with E-state index in [4.69, 9.17) is 4.74 Å². The SMILES string of the molecule is Cc1ncc(C#Cc2ccc([C@]3(O)CCO[C@H]3C)cn2)c2cc(NC(=O)C3CC3)ncc12. The number of amides is 1. The number of aryl methyl sites for hydroxylation is 1. The zero-order valence-electron chi connectivity index (χ0n) is 18.1. The summed E-state index contributed by atoms with van der Waals surface area (Å²) >= 11 is 0. The monoisotopic (exact) mass is 428 g/mol. The smallest absolute Gasteiger partial charge is 0.228 e. The second-order valence-electron chi connectivity index (χ2n) is 8.51. The van der Waals surface area contributed by atoms with E-state index in [0.717, 1.165) is 40.4 Å². The van der Waals surface area contributed by atoms with Crippen molar-refractivity contribution in [1.82, 2.24) is 15.0 Å². The molecule has 7 nitrogen and oxygen atoms in total. The van der Waals surface area contributed by atoms with Crippen molar-refractivity contribution in [3.8, 4) is 11.8 Å². The van der Waals surface area contributed by atoms with Crippen LogP contribution in [0.3, 0.4) is 0 Å². The Hall–Kier alpha value is -3.34. The summed E-state index contributed by atoms with van der Waals surface area (Å²) in [6.45, 7) is 4.32. The second kappa shape index (κ2) is 7.97. The Kier molecular flexibility index (Phi) is 5.12. The van der Waals surface area contributed by atoms with Gasteiger partial charge in [-0.3, -0.25) is 9.78 Å². The fourth-order valence-corrected chi connectivity index (χ4v) is 3.98. The van der Waals surface area contributed by atoms with Gasteiger partial charge in [-0.1, -0.05) is 12.0 Å².